The van der Waals surface area contributed by atoms with E-state index in [2.05, 4.69) is 10.6 Å². The van der Waals surface area contributed by atoms with Crippen molar-refractivity contribution in [3.63, 3.8) is 0 Å². The van der Waals surface area contributed by atoms with E-state index in [-0.39, 0.29) is 0 Å². The molecule has 0 aliphatic heterocycles. The zero-order valence-electron chi connectivity index (χ0n) is 10.5. The van der Waals surface area contributed by atoms with E-state index in [1.54, 1.807) is 6.92 Å². The van der Waals surface area contributed by atoms with Crippen LogP contribution >= 0.6 is 0 Å². The highest BCUT2D eigenvalue weighted by Crippen LogP contribution is 2.18. The van der Waals surface area contributed by atoms with Gasteiger partial charge in [-0.3, -0.25) is 0 Å². The van der Waals surface area contributed by atoms with Crippen molar-refractivity contribution in [1.82, 2.24) is 4.72 Å². The average molecular weight is 320 g/mol. The lowest BCUT2D eigenvalue weighted by atomic mass is 10.3. The van der Waals surface area contributed by atoms with Gasteiger partial charge in [0.25, 0.3) is 0 Å². The topological polar surface area (TPSA) is 106 Å². The van der Waals surface area contributed by atoms with Crippen LogP contribution in [0.15, 0.2) is 28.0 Å². The third kappa shape index (κ3) is 3.77. The molecule has 6 nitrogen and oxygen atoms in total. The summed E-state index contributed by atoms with van der Waals surface area (Å²) < 4.78 is 61.8. The first-order valence-corrected chi connectivity index (χ1v) is 8.45. The van der Waals surface area contributed by atoms with Crippen molar-refractivity contribution < 1.29 is 21.2 Å². The van der Waals surface area contributed by atoms with Gasteiger partial charge in [-0.1, -0.05) is 12.8 Å². The first-order valence-electron chi connectivity index (χ1n) is 5.42. The summed E-state index contributed by atoms with van der Waals surface area (Å²) in [6.07, 6.45) is 5.45. The van der Waals surface area contributed by atoms with Crippen LogP contribution in [0.4, 0.5) is 4.39 Å². The highest BCUT2D eigenvalue weighted by molar-refractivity contribution is 7.89. The number of hydrogen-bond acceptors (Lipinski definition) is 4. The van der Waals surface area contributed by atoms with Crippen molar-refractivity contribution in [1.29, 1.82) is 0 Å². The van der Waals surface area contributed by atoms with Crippen molar-refractivity contribution in [2.24, 2.45) is 5.14 Å². The van der Waals surface area contributed by atoms with E-state index >= 15 is 0 Å². The molecule has 0 saturated carbocycles. The van der Waals surface area contributed by atoms with Gasteiger partial charge in [0.15, 0.2) is 0 Å². The molecule has 1 rings (SSSR count). The summed E-state index contributed by atoms with van der Waals surface area (Å²) in [6.45, 7) is 1.66. The van der Waals surface area contributed by atoms with Crippen molar-refractivity contribution in [3.05, 3.63) is 24.0 Å². The van der Waals surface area contributed by atoms with Gasteiger partial charge in [0, 0.05) is 0 Å². The minimum Gasteiger partial charge on any atom is -0.225 e. The molecule has 1 atom stereocenters. The minimum atomic E-state index is -4.18. The number of terminal acetylenes is 1. The molecule has 1 unspecified atom stereocenters. The van der Waals surface area contributed by atoms with Crippen LogP contribution in [0.3, 0.4) is 0 Å². The summed E-state index contributed by atoms with van der Waals surface area (Å²) in [4.78, 5) is -1.21. The van der Waals surface area contributed by atoms with E-state index in [0.29, 0.717) is 12.5 Å². The predicted molar refractivity (Wildman–Crippen MR) is 71.0 cm³/mol. The van der Waals surface area contributed by atoms with Gasteiger partial charge in [-0.05, 0) is 24.6 Å². The smallest absolute Gasteiger partial charge is 0.225 e. The maximum Gasteiger partial charge on any atom is 0.244 e. The van der Waals surface area contributed by atoms with Crippen molar-refractivity contribution in [2.45, 2.75) is 29.2 Å². The lowest BCUT2D eigenvalue weighted by Gasteiger charge is -2.12. The Morgan fingerprint density at radius 2 is 2.00 bits per heavy atom. The SMILES string of the molecule is C#CC(CC)NS(=O)(=O)c1ccc(S(N)(=O)=O)cc1F. The predicted octanol–water partition coefficient (Wildman–Crippen LogP) is 0.163. The molecule has 20 heavy (non-hydrogen) atoms. The van der Waals surface area contributed by atoms with Gasteiger partial charge in [-0.2, -0.15) is 4.72 Å². The fourth-order valence-electron chi connectivity index (χ4n) is 1.36. The zero-order chi connectivity index (χ0) is 15.6. The Balaban J connectivity index is 3.25. The Bertz CT molecular complexity index is 751. The quantitative estimate of drug-likeness (QED) is 0.754. The number of primary sulfonamides is 1. The highest BCUT2D eigenvalue weighted by Gasteiger charge is 2.23. The second-order valence-electron chi connectivity index (χ2n) is 3.89. The summed E-state index contributed by atoms with van der Waals surface area (Å²) in [7, 11) is -8.29. The maximum absolute atomic E-state index is 13.7. The molecule has 3 N–H and O–H groups in total. The molecule has 0 heterocycles. The molecule has 0 bridgehead atoms. The molecule has 0 amide bonds. The molecule has 0 aliphatic rings. The Hall–Kier alpha value is -1.47. The van der Waals surface area contributed by atoms with Gasteiger partial charge >= 0.3 is 0 Å². The lowest BCUT2D eigenvalue weighted by Crippen LogP contribution is -2.33. The van der Waals surface area contributed by atoms with Crippen molar-refractivity contribution in [2.75, 3.05) is 0 Å². The Labute approximate surface area is 117 Å². The van der Waals surface area contributed by atoms with Gasteiger partial charge < -0.3 is 0 Å². The molecule has 110 valence electrons. The Morgan fingerprint density at radius 3 is 2.40 bits per heavy atom. The fraction of sp³-hybridized carbons (Fsp3) is 0.273. The number of nitrogens with one attached hydrogen (secondary N) is 1. The zero-order valence-corrected chi connectivity index (χ0v) is 12.1. The number of hydrogen-bond donors (Lipinski definition) is 2. The third-order valence-electron chi connectivity index (χ3n) is 2.43. The molecule has 0 spiro atoms. The summed E-state index contributed by atoms with van der Waals surface area (Å²) in [5.74, 6) is 0.978. The van der Waals surface area contributed by atoms with Crippen LogP contribution < -0.4 is 9.86 Å². The second kappa shape index (κ2) is 5.88. The second-order valence-corrected chi connectivity index (χ2v) is 7.13. The third-order valence-corrected chi connectivity index (χ3v) is 4.84. The lowest BCUT2D eigenvalue weighted by molar-refractivity contribution is 0.546. The summed E-state index contributed by atoms with van der Waals surface area (Å²) in [5.41, 5.74) is 0. The van der Waals surface area contributed by atoms with Crippen LogP contribution in [-0.4, -0.2) is 22.9 Å². The van der Waals surface area contributed by atoms with Gasteiger partial charge in [-0.25, -0.2) is 26.4 Å². The molecule has 0 saturated heterocycles. The molecule has 0 fully saturated rings. The molecular formula is C11H13FN2O4S2. The van der Waals surface area contributed by atoms with Gasteiger partial charge in [0.1, 0.15) is 10.7 Å². The van der Waals surface area contributed by atoms with Crippen LogP contribution in [0, 0.1) is 18.2 Å². The number of nitrogens with two attached hydrogens (primary N) is 1. The Morgan fingerprint density at radius 1 is 1.40 bits per heavy atom. The standard InChI is InChI=1S/C11H13FN2O4S2/c1-3-8(4-2)14-20(17,18)11-6-5-9(7-10(11)12)19(13,15)16/h1,5-8,14H,4H2,2H3,(H2,13,15,16). The normalized spacial score (nSPS) is 13.7. The van der Waals surface area contributed by atoms with Crippen LogP contribution in [0.25, 0.3) is 0 Å². The van der Waals surface area contributed by atoms with Crippen LogP contribution in [0.5, 0.6) is 0 Å². The van der Waals surface area contributed by atoms with Crippen molar-refractivity contribution >= 4 is 20.0 Å². The number of benzene rings is 1. The molecule has 0 aliphatic carbocycles. The molecule has 0 aromatic heterocycles. The average Bonchev–Trinajstić information content (AvgIpc) is 2.34. The summed E-state index contributed by atoms with van der Waals surface area (Å²) in [5, 5.41) is 4.82. The van der Waals surface area contributed by atoms with Crippen molar-refractivity contribution in [3.8, 4) is 12.3 Å². The van der Waals surface area contributed by atoms with Gasteiger partial charge in [0.2, 0.25) is 20.0 Å². The van der Waals surface area contributed by atoms with Gasteiger partial charge in [-0.15, -0.1) is 6.42 Å². The molecule has 9 heteroatoms. The number of sulfonamides is 2. The minimum absolute atomic E-state index is 0.326. The molecule has 0 radical (unpaired) electrons. The maximum atomic E-state index is 13.7. The van der Waals surface area contributed by atoms with Crippen LogP contribution in [0.2, 0.25) is 0 Å². The van der Waals surface area contributed by atoms with E-state index in [1.165, 1.54) is 0 Å². The number of rotatable bonds is 5. The summed E-state index contributed by atoms with van der Waals surface area (Å²) in [6, 6.07) is 1.49. The van der Waals surface area contributed by atoms with E-state index in [9.17, 15) is 21.2 Å². The van der Waals surface area contributed by atoms with E-state index in [4.69, 9.17) is 11.6 Å². The van der Waals surface area contributed by atoms with Gasteiger partial charge in [0.05, 0.1) is 10.9 Å². The monoisotopic (exact) mass is 320 g/mol. The molecule has 1 aromatic rings. The largest absolute Gasteiger partial charge is 0.244 e. The van der Waals surface area contributed by atoms with E-state index in [1.807, 2.05) is 0 Å². The summed E-state index contributed by atoms with van der Waals surface area (Å²) >= 11 is 0. The first kappa shape index (κ1) is 16.6. The van der Waals surface area contributed by atoms with E-state index < -0.39 is 41.7 Å². The molecule has 1 aromatic carbocycles. The Kier molecular flexibility index (Phi) is 4.88. The number of halogens is 1. The van der Waals surface area contributed by atoms with Crippen LogP contribution in [-0.2, 0) is 20.0 Å². The van der Waals surface area contributed by atoms with Crippen LogP contribution in [0.1, 0.15) is 13.3 Å². The van der Waals surface area contributed by atoms with E-state index in [0.717, 1.165) is 12.1 Å². The highest BCUT2D eigenvalue weighted by atomic mass is 32.2. The first-order chi connectivity index (χ1) is 9.11. The molecular weight excluding hydrogens is 307 g/mol. The fourth-order valence-corrected chi connectivity index (χ4v) is 3.19.